The summed E-state index contributed by atoms with van der Waals surface area (Å²) in [7, 11) is 3.69. The van der Waals surface area contributed by atoms with Crippen LogP contribution in [-0.2, 0) is 4.74 Å². The Kier molecular flexibility index (Phi) is 8.35. The Labute approximate surface area is 152 Å². The van der Waals surface area contributed by atoms with Gasteiger partial charge in [0.15, 0.2) is 0 Å². The Balaban J connectivity index is 0.00000151. The first-order valence-corrected chi connectivity index (χ1v) is 8.82. The normalized spacial score (nSPS) is 11.4. The summed E-state index contributed by atoms with van der Waals surface area (Å²) < 4.78 is 5.22. The largest absolute Gasteiger partial charge is 0.383 e. The number of anilines is 3. The van der Waals surface area contributed by atoms with Gasteiger partial charge in [0.2, 0.25) is 5.95 Å². The monoisotopic (exact) mass is 344 g/mol. The molecule has 5 nitrogen and oxygen atoms in total. The maximum atomic E-state index is 5.22. The molecule has 0 bridgehead atoms. The second-order valence-corrected chi connectivity index (χ2v) is 6.11. The highest BCUT2D eigenvalue weighted by molar-refractivity contribution is 5.59. The summed E-state index contributed by atoms with van der Waals surface area (Å²) in [5.41, 5.74) is 4.42. The van der Waals surface area contributed by atoms with Crippen molar-refractivity contribution in [2.75, 3.05) is 31.0 Å². The van der Waals surface area contributed by atoms with Crippen molar-refractivity contribution in [3.05, 3.63) is 41.1 Å². The molecular formula is C20H32N4O. The number of nitrogens with zero attached hydrogens (tertiary/aromatic N) is 3. The summed E-state index contributed by atoms with van der Waals surface area (Å²) in [6.45, 7) is 12.9. The van der Waals surface area contributed by atoms with Gasteiger partial charge in [0.25, 0.3) is 0 Å². The molecule has 1 aromatic heterocycles. The number of aryl methyl sites for hydroxylation is 3. The predicted octanol–water partition coefficient (Wildman–Crippen LogP) is 4.64. The molecule has 0 saturated carbocycles. The zero-order chi connectivity index (χ0) is 19.0. The van der Waals surface area contributed by atoms with Gasteiger partial charge in [0.05, 0.1) is 12.6 Å². The van der Waals surface area contributed by atoms with E-state index < -0.39 is 0 Å². The van der Waals surface area contributed by atoms with Crippen LogP contribution in [0.25, 0.3) is 0 Å². The second kappa shape index (κ2) is 9.99. The van der Waals surface area contributed by atoms with E-state index >= 15 is 0 Å². The lowest BCUT2D eigenvalue weighted by molar-refractivity contribution is 0.183. The van der Waals surface area contributed by atoms with Crippen LogP contribution >= 0.6 is 0 Å². The van der Waals surface area contributed by atoms with Gasteiger partial charge >= 0.3 is 0 Å². The van der Waals surface area contributed by atoms with Crippen molar-refractivity contribution in [3.63, 3.8) is 0 Å². The number of hydrogen-bond donors (Lipinski definition) is 1. The van der Waals surface area contributed by atoms with Gasteiger partial charge in [-0.25, -0.2) is 4.98 Å². The molecule has 138 valence electrons. The molecule has 5 heteroatoms. The first-order chi connectivity index (χ1) is 11.9. The van der Waals surface area contributed by atoms with Crippen LogP contribution in [-0.4, -0.2) is 36.8 Å². The van der Waals surface area contributed by atoms with Crippen molar-refractivity contribution in [1.82, 2.24) is 9.97 Å². The van der Waals surface area contributed by atoms with Crippen molar-refractivity contribution >= 4 is 17.5 Å². The van der Waals surface area contributed by atoms with E-state index in [1.54, 1.807) is 7.11 Å². The molecule has 1 aromatic carbocycles. The molecule has 25 heavy (non-hydrogen) atoms. The molecule has 0 fully saturated rings. The lowest BCUT2D eigenvalue weighted by Crippen LogP contribution is -2.34. The molecule has 1 N–H and O–H groups in total. The highest BCUT2D eigenvalue weighted by Gasteiger charge is 2.14. The molecule has 1 unspecified atom stereocenters. The molecule has 0 aliphatic heterocycles. The number of likely N-dealkylation sites (N-methyl/N-ethyl adjacent to an activating group) is 1. The smallest absolute Gasteiger partial charge is 0.227 e. The summed E-state index contributed by atoms with van der Waals surface area (Å²) in [6.07, 6.45) is 0. The summed E-state index contributed by atoms with van der Waals surface area (Å²) in [6, 6.07) is 8.54. The van der Waals surface area contributed by atoms with Crippen molar-refractivity contribution in [2.45, 2.75) is 47.6 Å². The first kappa shape index (κ1) is 20.9. The molecule has 1 heterocycles. The van der Waals surface area contributed by atoms with Crippen molar-refractivity contribution in [2.24, 2.45) is 0 Å². The van der Waals surface area contributed by atoms with Crippen LogP contribution < -0.4 is 10.2 Å². The minimum atomic E-state index is 0.205. The number of benzene rings is 1. The number of ether oxygens (including phenoxy) is 1. The third-order valence-electron chi connectivity index (χ3n) is 3.72. The van der Waals surface area contributed by atoms with E-state index in [9.17, 15) is 0 Å². The zero-order valence-corrected chi connectivity index (χ0v) is 16.8. The highest BCUT2D eigenvalue weighted by Crippen LogP contribution is 2.21. The average Bonchev–Trinajstić information content (AvgIpc) is 2.54. The molecule has 2 rings (SSSR count). The number of aromatic nitrogens is 2. The maximum Gasteiger partial charge on any atom is 0.227 e. The molecule has 2 aromatic rings. The van der Waals surface area contributed by atoms with E-state index in [1.807, 2.05) is 38.8 Å². The van der Waals surface area contributed by atoms with Gasteiger partial charge < -0.3 is 15.0 Å². The van der Waals surface area contributed by atoms with E-state index in [1.165, 1.54) is 11.1 Å². The Morgan fingerprint density at radius 2 is 1.64 bits per heavy atom. The van der Waals surface area contributed by atoms with Crippen LogP contribution in [0.15, 0.2) is 24.3 Å². The van der Waals surface area contributed by atoms with E-state index in [-0.39, 0.29) is 6.04 Å². The fourth-order valence-corrected chi connectivity index (χ4v) is 2.52. The minimum Gasteiger partial charge on any atom is -0.383 e. The fraction of sp³-hybridized carbons (Fsp3) is 0.500. The fourth-order valence-electron chi connectivity index (χ4n) is 2.52. The summed E-state index contributed by atoms with van der Waals surface area (Å²) in [4.78, 5) is 11.2. The van der Waals surface area contributed by atoms with E-state index in [0.717, 1.165) is 17.2 Å². The highest BCUT2D eigenvalue weighted by atomic mass is 16.5. The third-order valence-corrected chi connectivity index (χ3v) is 3.72. The number of methoxy groups -OCH3 is 1. The van der Waals surface area contributed by atoms with Crippen LogP contribution in [0.3, 0.4) is 0 Å². The molecular weight excluding hydrogens is 312 g/mol. The standard InChI is InChI=1S/C18H26N4O.C2H6/c1-12-7-13(2)9-16(8-12)20-17-10-14(3)19-18(21-17)22(5)15(4)11-23-6;1-2/h7-10,15H,11H2,1-6H3,(H,19,20,21);1-2H3. The molecule has 0 aliphatic carbocycles. The quantitative estimate of drug-likeness (QED) is 0.827. The van der Waals surface area contributed by atoms with Gasteiger partial charge in [0.1, 0.15) is 5.82 Å². The topological polar surface area (TPSA) is 50.3 Å². The van der Waals surface area contributed by atoms with Crippen molar-refractivity contribution in [3.8, 4) is 0 Å². The van der Waals surface area contributed by atoms with Crippen LogP contribution in [0.1, 0.15) is 37.6 Å². The maximum absolute atomic E-state index is 5.22. The minimum absolute atomic E-state index is 0.205. The predicted molar refractivity (Wildman–Crippen MR) is 107 cm³/mol. The average molecular weight is 345 g/mol. The SMILES string of the molecule is CC.COCC(C)N(C)c1nc(C)cc(Nc2cc(C)cc(C)c2)n1. The zero-order valence-electron chi connectivity index (χ0n) is 16.8. The Morgan fingerprint density at radius 3 is 2.20 bits per heavy atom. The lowest BCUT2D eigenvalue weighted by atomic mass is 10.1. The van der Waals surface area contributed by atoms with Gasteiger partial charge in [-0.05, 0) is 51.0 Å². The van der Waals surface area contributed by atoms with Crippen molar-refractivity contribution in [1.29, 1.82) is 0 Å². The van der Waals surface area contributed by atoms with Crippen LogP contribution in [0.4, 0.5) is 17.5 Å². The molecule has 0 amide bonds. The van der Waals surface area contributed by atoms with E-state index in [2.05, 4.69) is 54.3 Å². The summed E-state index contributed by atoms with van der Waals surface area (Å²) in [5.74, 6) is 1.50. The van der Waals surface area contributed by atoms with Gasteiger partial charge in [0, 0.05) is 31.6 Å². The molecule has 0 saturated heterocycles. The van der Waals surface area contributed by atoms with Gasteiger partial charge in [-0.15, -0.1) is 0 Å². The van der Waals surface area contributed by atoms with Gasteiger partial charge in [-0.2, -0.15) is 4.98 Å². The first-order valence-electron chi connectivity index (χ1n) is 8.82. The molecule has 0 aliphatic rings. The molecule has 0 spiro atoms. The number of hydrogen-bond acceptors (Lipinski definition) is 5. The lowest BCUT2D eigenvalue weighted by Gasteiger charge is -2.25. The number of rotatable bonds is 6. The summed E-state index contributed by atoms with van der Waals surface area (Å²) in [5, 5.41) is 3.38. The number of nitrogens with one attached hydrogen (secondary N) is 1. The Hall–Kier alpha value is -2.14. The van der Waals surface area contributed by atoms with Crippen LogP contribution in [0, 0.1) is 20.8 Å². The Bertz CT molecular complexity index is 652. The van der Waals surface area contributed by atoms with Crippen LogP contribution in [0.5, 0.6) is 0 Å². The summed E-state index contributed by atoms with van der Waals surface area (Å²) >= 11 is 0. The van der Waals surface area contributed by atoms with E-state index in [4.69, 9.17) is 4.74 Å². The van der Waals surface area contributed by atoms with Gasteiger partial charge in [-0.1, -0.05) is 19.9 Å². The Morgan fingerprint density at radius 1 is 1.04 bits per heavy atom. The third kappa shape index (κ3) is 6.35. The molecule has 1 atom stereocenters. The van der Waals surface area contributed by atoms with Gasteiger partial charge in [-0.3, -0.25) is 0 Å². The van der Waals surface area contributed by atoms with Crippen molar-refractivity contribution < 1.29 is 4.74 Å². The second-order valence-electron chi connectivity index (χ2n) is 6.11. The molecule has 0 radical (unpaired) electrons. The van der Waals surface area contributed by atoms with Crippen LogP contribution in [0.2, 0.25) is 0 Å². The van der Waals surface area contributed by atoms with E-state index in [0.29, 0.717) is 12.6 Å².